The van der Waals surface area contributed by atoms with Gasteiger partial charge in [0.2, 0.25) is 5.95 Å². The Bertz CT molecular complexity index is 866. The first-order valence-corrected chi connectivity index (χ1v) is 11.4. The van der Waals surface area contributed by atoms with E-state index in [4.69, 9.17) is 5.73 Å². The lowest BCUT2D eigenvalue weighted by molar-refractivity contribution is 0.107. The summed E-state index contributed by atoms with van der Waals surface area (Å²) in [6.07, 6.45) is 4.08. The highest BCUT2D eigenvalue weighted by molar-refractivity contribution is 5.82. The van der Waals surface area contributed by atoms with E-state index >= 15 is 0 Å². The lowest BCUT2D eigenvalue weighted by atomic mass is 10.2. The molecule has 0 spiro atoms. The van der Waals surface area contributed by atoms with Gasteiger partial charge in [0.05, 0.1) is 0 Å². The van der Waals surface area contributed by atoms with Crippen LogP contribution in [-0.2, 0) is 6.54 Å². The van der Waals surface area contributed by atoms with Crippen molar-refractivity contribution in [2.24, 2.45) is 0 Å². The quantitative estimate of drug-likeness (QED) is 0.507. The number of hydrogen-bond acceptors (Lipinski definition) is 7. The molecular weight excluding hydrogens is 380 g/mol. The van der Waals surface area contributed by atoms with Crippen LogP contribution < -0.4 is 16.7 Å². The number of H-pyrrole nitrogens is 1. The van der Waals surface area contributed by atoms with E-state index in [9.17, 15) is 4.79 Å². The molecule has 0 radical (unpaired) electrons. The fourth-order valence-corrected chi connectivity index (χ4v) is 4.16. The van der Waals surface area contributed by atoms with Crippen LogP contribution in [-0.4, -0.2) is 74.1 Å². The summed E-state index contributed by atoms with van der Waals surface area (Å²) in [6.45, 7) is 15.0. The summed E-state index contributed by atoms with van der Waals surface area (Å²) < 4.78 is 1.69. The van der Waals surface area contributed by atoms with Crippen LogP contribution in [0.25, 0.3) is 11.2 Å². The van der Waals surface area contributed by atoms with Crippen LogP contribution >= 0.6 is 0 Å². The van der Waals surface area contributed by atoms with Crippen LogP contribution in [0.3, 0.4) is 0 Å². The SMILES string of the molecule is CCCC(C)Nc1nc(N)c2[nH]c(=O)n(CCCCN3CCN(C(C)C)CC3)c2n1. The number of anilines is 2. The molecule has 30 heavy (non-hydrogen) atoms. The molecule has 1 atom stereocenters. The molecule has 9 nitrogen and oxygen atoms in total. The lowest BCUT2D eigenvalue weighted by Crippen LogP contribution is -2.48. The summed E-state index contributed by atoms with van der Waals surface area (Å²) >= 11 is 0. The maximum atomic E-state index is 12.5. The van der Waals surface area contributed by atoms with Gasteiger partial charge in [-0.05, 0) is 46.6 Å². The van der Waals surface area contributed by atoms with Gasteiger partial charge < -0.3 is 20.9 Å². The molecule has 168 valence electrons. The molecule has 2 aromatic heterocycles. The number of piperazine rings is 1. The molecule has 0 amide bonds. The number of imidazole rings is 1. The number of nitrogens with two attached hydrogens (primary N) is 1. The lowest BCUT2D eigenvalue weighted by Gasteiger charge is -2.36. The van der Waals surface area contributed by atoms with Gasteiger partial charge in [-0.25, -0.2) is 4.79 Å². The van der Waals surface area contributed by atoms with Crippen molar-refractivity contribution in [2.45, 2.75) is 72.0 Å². The largest absolute Gasteiger partial charge is 0.382 e. The summed E-state index contributed by atoms with van der Waals surface area (Å²) in [6, 6.07) is 0.877. The summed E-state index contributed by atoms with van der Waals surface area (Å²) in [5.74, 6) is 0.793. The zero-order valence-electron chi connectivity index (χ0n) is 18.9. The highest BCUT2D eigenvalue weighted by atomic mass is 16.1. The van der Waals surface area contributed by atoms with E-state index in [1.54, 1.807) is 4.57 Å². The van der Waals surface area contributed by atoms with E-state index in [0.717, 1.165) is 58.4 Å². The number of aromatic amines is 1. The van der Waals surface area contributed by atoms with Crippen molar-refractivity contribution in [3.05, 3.63) is 10.5 Å². The number of nitrogen functional groups attached to an aromatic ring is 1. The normalized spacial score (nSPS) is 17.1. The Kier molecular flexibility index (Phi) is 7.71. The Labute approximate surface area is 179 Å². The van der Waals surface area contributed by atoms with Gasteiger partial charge in [0.15, 0.2) is 11.5 Å². The van der Waals surface area contributed by atoms with Crippen LogP contribution in [0.15, 0.2) is 4.79 Å². The third-order valence-corrected chi connectivity index (χ3v) is 5.99. The number of fused-ring (bicyclic) bond motifs is 1. The second kappa shape index (κ2) is 10.3. The molecule has 9 heteroatoms. The van der Waals surface area contributed by atoms with Crippen LogP contribution in [0.4, 0.5) is 11.8 Å². The molecule has 2 aromatic rings. The first-order valence-electron chi connectivity index (χ1n) is 11.4. The highest BCUT2D eigenvalue weighted by Gasteiger charge is 2.18. The number of nitrogens with zero attached hydrogens (tertiary/aromatic N) is 5. The van der Waals surface area contributed by atoms with Gasteiger partial charge in [0.25, 0.3) is 0 Å². The number of aryl methyl sites for hydroxylation is 1. The van der Waals surface area contributed by atoms with Crippen LogP contribution in [0.2, 0.25) is 0 Å². The molecule has 3 heterocycles. The summed E-state index contributed by atoms with van der Waals surface area (Å²) in [7, 11) is 0. The third-order valence-electron chi connectivity index (χ3n) is 5.99. The predicted molar refractivity (Wildman–Crippen MR) is 123 cm³/mol. The fraction of sp³-hybridized carbons (Fsp3) is 0.762. The fourth-order valence-electron chi connectivity index (χ4n) is 4.16. The van der Waals surface area contributed by atoms with E-state index in [0.29, 0.717) is 35.5 Å². The van der Waals surface area contributed by atoms with Gasteiger partial charge in [0.1, 0.15) is 5.52 Å². The predicted octanol–water partition coefficient (Wildman–Crippen LogP) is 2.11. The van der Waals surface area contributed by atoms with E-state index < -0.39 is 0 Å². The van der Waals surface area contributed by atoms with Crippen LogP contribution in [0, 0.1) is 0 Å². The molecule has 3 rings (SSSR count). The van der Waals surface area contributed by atoms with Crippen molar-refractivity contribution in [3.8, 4) is 0 Å². The average Bonchev–Trinajstić information content (AvgIpc) is 3.02. The van der Waals surface area contributed by atoms with Gasteiger partial charge in [-0.3, -0.25) is 9.47 Å². The molecule has 4 N–H and O–H groups in total. The van der Waals surface area contributed by atoms with Crippen molar-refractivity contribution in [1.82, 2.24) is 29.3 Å². The number of rotatable bonds is 10. The molecule has 1 aliphatic rings. The molecule has 0 bridgehead atoms. The van der Waals surface area contributed by atoms with Gasteiger partial charge in [0, 0.05) is 44.8 Å². The van der Waals surface area contributed by atoms with E-state index in [2.05, 4.69) is 57.8 Å². The minimum Gasteiger partial charge on any atom is -0.382 e. The Hall–Kier alpha value is -2.13. The van der Waals surface area contributed by atoms with Gasteiger partial charge >= 0.3 is 5.69 Å². The molecule has 1 fully saturated rings. The Balaban J connectivity index is 1.58. The van der Waals surface area contributed by atoms with Crippen molar-refractivity contribution in [1.29, 1.82) is 0 Å². The van der Waals surface area contributed by atoms with Gasteiger partial charge in [-0.1, -0.05) is 13.3 Å². The second-order valence-corrected chi connectivity index (χ2v) is 8.73. The Morgan fingerprint density at radius 1 is 1.10 bits per heavy atom. The molecule has 1 saturated heterocycles. The maximum absolute atomic E-state index is 12.5. The van der Waals surface area contributed by atoms with Crippen molar-refractivity contribution in [2.75, 3.05) is 43.8 Å². The Morgan fingerprint density at radius 3 is 2.47 bits per heavy atom. The monoisotopic (exact) mass is 418 g/mol. The van der Waals surface area contributed by atoms with E-state index in [-0.39, 0.29) is 11.7 Å². The van der Waals surface area contributed by atoms with E-state index in [1.165, 1.54) is 0 Å². The van der Waals surface area contributed by atoms with Crippen LogP contribution in [0.5, 0.6) is 0 Å². The summed E-state index contributed by atoms with van der Waals surface area (Å²) in [5, 5.41) is 3.29. The standard InChI is InChI=1S/C21H38N8O/c1-5-8-16(4)23-20-25-18(22)17-19(26-20)29(21(30)24-17)10-7-6-9-27-11-13-28(14-12-27)15(2)3/h15-16H,5-14H2,1-4H3,(H,24,30)(H3,22,23,25,26). The highest BCUT2D eigenvalue weighted by Crippen LogP contribution is 2.18. The third kappa shape index (κ3) is 5.51. The molecule has 1 aliphatic heterocycles. The summed E-state index contributed by atoms with van der Waals surface area (Å²) in [4.78, 5) is 29.2. The number of hydrogen-bond donors (Lipinski definition) is 3. The van der Waals surface area contributed by atoms with Crippen molar-refractivity contribution >= 4 is 22.9 Å². The van der Waals surface area contributed by atoms with Gasteiger partial charge in [-0.2, -0.15) is 9.97 Å². The zero-order chi connectivity index (χ0) is 21.7. The first-order chi connectivity index (χ1) is 14.4. The maximum Gasteiger partial charge on any atom is 0.327 e. The Morgan fingerprint density at radius 2 is 1.80 bits per heavy atom. The number of unbranched alkanes of at least 4 members (excludes halogenated alkanes) is 1. The second-order valence-electron chi connectivity index (χ2n) is 8.73. The number of aromatic nitrogens is 4. The molecular formula is C21H38N8O. The topological polar surface area (TPSA) is 108 Å². The average molecular weight is 419 g/mol. The van der Waals surface area contributed by atoms with E-state index in [1.807, 2.05) is 0 Å². The smallest absolute Gasteiger partial charge is 0.327 e. The number of nitrogens with one attached hydrogen (secondary N) is 2. The minimum atomic E-state index is -0.171. The molecule has 1 unspecified atom stereocenters. The zero-order valence-corrected chi connectivity index (χ0v) is 18.9. The molecule has 0 saturated carbocycles. The van der Waals surface area contributed by atoms with Gasteiger partial charge in [-0.15, -0.1) is 0 Å². The molecule has 0 aliphatic carbocycles. The van der Waals surface area contributed by atoms with Crippen molar-refractivity contribution < 1.29 is 0 Å². The van der Waals surface area contributed by atoms with Crippen molar-refractivity contribution in [3.63, 3.8) is 0 Å². The molecule has 0 aromatic carbocycles. The summed E-state index contributed by atoms with van der Waals surface area (Å²) in [5.41, 5.74) is 7.03. The first kappa shape index (κ1) is 22.6. The minimum absolute atomic E-state index is 0.171. The van der Waals surface area contributed by atoms with Crippen LogP contribution in [0.1, 0.15) is 53.4 Å².